The van der Waals surface area contributed by atoms with Crippen LogP contribution in [0, 0.1) is 13.8 Å². The van der Waals surface area contributed by atoms with E-state index in [1.807, 2.05) is 51.1 Å². The third kappa shape index (κ3) is 6.89. The Kier molecular flexibility index (Phi) is 7.85. The molecule has 0 aromatic heterocycles. The van der Waals surface area contributed by atoms with E-state index >= 15 is 0 Å². The van der Waals surface area contributed by atoms with Crippen molar-refractivity contribution >= 4 is 21.6 Å². The highest BCUT2D eigenvalue weighted by Crippen LogP contribution is 2.22. The number of nitrogens with zero attached hydrogens (tertiary/aromatic N) is 1. The van der Waals surface area contributed by atoms with Gasteiger partial charge in [0.15, 0.2) is 0 Å². The van der Waals surface area contributed by atoms with Crippen LogP contribution in [0.5, 0.6) is 0 Å². The quantitative estimate of drug-likeness (QED) is 0.663. The highest BCUT2D eigenvalue weighted by atomic mass is 32.2. The van der Waals surface area contributed by atoms with Gasteiger partial charge in [-0.15, -0.1) is 0 Å². The summed E-state index contributed by atoms with van der Waals surface area (Å²) in [5.74, 6) is -0.0778. The number of benzene rings is 2. The monoisotopic (exact) mass is 416 g/mol. The van der Waals surface area contributed by atoms with Crippen molar-refractivity contribution in [3.05, 3.63) is 64.7 Å². The van der Waals surface area contributed by atoms with E-state index in [-0.39, 0.29) is 24.9 Å². The number of hydrogen-bond acceptors (Lipinski definition) is 3. The van der Waals surface area contributed by atoms with Crippen LogP contribution in [0.4, 0.5) is 5.69 Å². The van der Waals surface area contributed by atoms with Gasteiger partial charge in [0, 0.05) is 13.0 Å². The Labute approximate surface area is 175 Å². The summed E-state index contributed by atoms with van der Waals surface area (Å²) < 4.78 is 25.9. The lowest BCUT2D eigenvalue weighted by Crippen LogP contribution is -2.32. The van der Waals surface area contributed by atoms with E-state index in [1.165, 1.54) is 16.1 Å². The summed E-state index contributed by atoms with van der Waals surface area (Å²) in [6.07, 6.45) is 2.91. The number of nitrogens with one attached hydrogen (secondary N) is 1. The summed E-state index contributed by atoms with van der Waals surface area (Å²) in [5, 5.41) is 3.00. The molecule has 1 atom stereocenters. The van der Waals surface area contributed by atoms with Gasteiger partial charge in [-0.25, -0.2) is 8.42 Å². The first-order valence-electron chi connectivity index (χ1n) is 10.0. The number of amides is 1. The minimum Gasteiger partial charge on any atom is -0.350 e. The van der Waals surface area contributed by atoms with Crippen LogP contribution in [0.3, 0.4) is 0 Å². The standard InChI is InChI=1S/C23H32N2O3S/c1-6-20-9-11-21(12-10-20)19(4)24-23(26)8-7-13-25(29(5,27)28)22-15-17(2)14-18(3)16-22/h9-12,14-16,19H,6-8,13H2,1-5H3,(H,24,26)/t19-/m0/s1. The number of carbonyl (C=O) groups is 1. The Morgan fingerprint density at radius 3 is 2.17 bits per heavy atom. The summed E-state index contributed by atoms with van der Waals surface area (Å²) in [6.45, 7) is 8.22. The van der Waals surface area contributed by atoms with E-state index in [2.05, 4.69) is 24.4 Å². The molecule has 0 saturated heterocycles. The predicted octanol–water partition coefficient (Wildman–Crippen LogP) is 4.29. The number of carbonyl (C=O) groups excluding carboxylic acids is 1. The molecule has 0 aliphatic rings. The van der Waals surface area contributed by atoms with Gasteiger partial charge < -0.3 is 5.32 Å². The predicted molar refractivity (Wildman–Crippen MR) is 120 cm³/mol. The zero-order chi connectivity index (χ0) is 21.6. The molecule has 0 fully saturated rings. The van der Waals surface area contributed by atoms with Gasteiger partial charge >= 0.3 is 0 Å². The van der Waals surface area contributed by atoms with Crippen LogP contribution in [0.25, 0.3) is 0 Å². The first-order valence-corrected chi connectivity index (χ1v) is 11.9. The lowest BCUT2D eigenvalue weighted by Gasteiger charge is -2.23. The van der Waals surface area contributed by atoms with Crippen molar-refractivity contribution in [2.45, 2.75) is 53.0 Å². The van der Waals surface area contributed by atoms with Crippen molar-refractivity contribution < 1.29 is 13.2 Å². The maximum Gasteiger partial charge on any atom is 0.232 e. The molecule has 2 aromatic carbocycles. The number of aryl methyl sites for hydroxylation is 3. The Hall–Kier alpha value is -2.34. The van der Waals surface area contributed by atoms with Gasteiger partial charge in [-0.3, -0.25) is 9.10 Å². The minimum atomic E-state index is -3.42. The summed E-state index contributed by atoms with van der Waals surface area (Å²) in [6, 6.07) is 13.9. The second-order valence-corrected chi connectivity index (χ2v) is 9.58. The molecule has 2 aromatic rings. The Balaban J connectivity index is 1.95. The lowest BCUT2D eigenvalue weighted by molar-refractivity contribution is -0.121. The van der Waals surface area contributed by atoms with Crippen molar-refractivity contribution in [1.82, 2.24) is 5.32 Å². The topological polar surface area (TPSA) is 66.5 Å². The van der Waals surface area contributed by atoms with Crippen molar-refractivity contribution in [2.24, 2.45) is 0 Å². The fourth-order valence-corrected chi connectivity index (χ4v) is 4.35. The fourth-order valence-electron chi connectivity index (χ4n) is 3.40. The molecule has 1 amide bonds. The summed E-state index contributed by atoms with van der Waals surface area (Å²) in [5.41, 5.74) is 4.99. The normalized spacial score (nSPS) is 12.4. The maximum absolute atomic E-state index is 12.3. The van der Waals surface area contributed by atoms with Crippen molar-refractivity contribution in [3.8, 4) is 0 Å². The average Bonchev–Trinajstić information content (AvgIpc) is 2.63. The van der Waals surface area contributed by atoms with E-state index in [0.717, 1.165) is 23.1 Å². The number of rotatable bonds is 9. The van der Waals surface area contributed by atoms with Crippen LogP contribution in [0.1, 0.15) is 55.0 Å². The molecule has 6 heteroatoms. The number of sulfonamides is 1. The van der Waals surface area contributed by atoms with Gasteiger partial charge in [0.2, 0.25) is 15.9 Å². The van der Waals surface area contributed by atoms with Crippen LogP contribution in [-0.2, 0) is 21.2 Å². The highest BCUT2D eigenvalue weighted by Gasteiger charge is 2.18. The van der Waals surface area contributed by atoms with Crippen molar-refractivity contribution in [3.63, 3.8) is 0 Å². The summed E-state index contributed by atoms with van der Waals surface area (Å²) in [4.78, 5) is 12.3. The maximum atomic E-state index is 12.3. The van der Waals surface area contributed by atoms with Gasteiger partial charge in [-0.05, 0) is 68.0 Å². The van der Waals surface area contributed by atoms with Gasteiger partial charge in [0.25, 0.3) is 0 Å². The van der Waals surface area contributed by atoms with E-state index in [9.17, 15) is 13.2 Å². The minimum absolute atomic E-state index is 0.0778. The zero-order valence-electron chi connectivity index (χ0n) is 18.0. The van der Waals surface area contributed by atoms with Gasteiger partial charge in [-0.1, -0.05) is 37.3 Å². The molecule has 0 saturated carbocycles. The molecule has 2 rings (SSSR count). The second-order valence-electron chi connectivity index (χ2n) is 7.67. The fraction of sp³-hybridized carbons (Fsp3) is 0.435. The van der Waals surface area contributed by atoms with E-state index < -0.39 is 10.0 Å². The van der Waals surface area contributed by atoms with E-state index in [0.29, 0.717) is 12.1 Å². The molecule has 0 aliphatic carbocycles. The number of anilines is 1. The lowest BCUT2D eigenvalue weighted by atomic mass is 10.0. The SMILES string of the molecule is CCc1ccc([C@H](C)NC(=O)CCCN(c2cc(C)cc(C)c2)S(C)(=O)=O)cc1. The average molecular weight is 417 g/mol. The molecule has 0 unspecified atom stereocenters. The molecule has 0 aliphatic heterocycles. The molecule has 158 valence electrons. The van der Waals surface area contributed by atoms with Crippen LogP contribution >= 0.6 is 0 Å². The molecule has 0 heterocycles. The van der Waals surface area contributed by atoms with Crippen LogP contribution in [0.15, 0.2) is 42.5 Å². The van der Waals surface area contributed by atoms with E-state index in [1.54, 1.807) is 0 Å². The molecule has 5 nitrogen and oxygen atoms in total. The van der Waals surface area contributed by atoms with Crippen molar-refractivity contribution in [1.29, 1.82) is 0 Å². The molecule has 1 N–H and O–H groups in total. The first-order chi connectivity index (χ1) is 13.6. The first kappa shape index (κ1) is 22.9. The van der Waals surface area contributed by atoms with E-state index in [4.69, 9.17) is 0 Å². The molecule has 0 bridgehead atoms. The van der Waals surface area contributed by atoms with Crippen LogP contribution < -0.4 is 9.62 Å². The van der Waals surface area contributed by atoms with Crippen LogP contribution in [-0.4, -0.2) is 27.1 Å². The summed E-state index contributed by atoms with van der Waals surface area (Å²) >= 11 is 0. The Morgan fingerprint density at radius 1 is 1.07 bits per heavy atom. The van der Waals surface area contributed by atoms with Crippen LogP contribution in [0.2, 0.25) is 0 Å². The molecular weight excluding hydrogens is 384 g/mol. The van der Waals surface area contributed by atoms with Crippen molar-refractivity contribution in [2.75, 3.05) is 17.1 Å². The zero-order valence-corrected chi connectivity index (χ0v) is 18.8. The van der Waals surface area contributed by atoms with Gasteiger partial charge in [0.05, 0.1) is 18.0 Å². The smallest absolute Gasteiger partial charge is 0.232 e. The molecule has 29 heavy (non-hydrogen) atoms. The molecule has 0 spiro atoms. The third-order valence-electron chi connectivity index (χ3n) is 4.93. The number of hydrogen-bond donors (Lipinski definition) is 1. The molecule has 0 radical (unpaired) electrons. The van der Waals surface area contributed by atoms with Gasteiger partial charge in [0.1, 0.15) is 0 Å². The third-order valence-corrected chi connectivity index (χ3v) is 6.12. The summed E-state index contributed by atoms with van der Waals surface area (Å²) in [7, 11) is -3.42. The highest BCUT2D eigenvalue weighted by molar-refractivity contribution is 7.92. The Morgan fingerprint density at radius 2 is 1.66 bits per heavy atom. The Bertz CT molecular complexity index is 917. The van der Waals surface area contributed by atoms with Gasteiger partial charge in [-0.2, -0.15) is 0 Å². The second kappa shape index (κ2) is 9.92. The largest absolute Gasteiger partial charge is 0.350 e. The molecular formula is C23H32N2O3S.